The van der Waals surface area contributed by atoms with Gasteiger partial charge in [-0.1, -0.05) is 50.2 Å². The summed E-state index contributed by atoms with van der Waals surface area (Å²) in [6.45, 7) is 7.28. The molecule has 6 heteroatoms. The van der Waals surface area contributed by atoms with Crippen molar-refractivity contribution in [3.63, 3.8) is 0 Å². The van der Waals surface area contributed by atoms with Gasteiger partial charge >= 0.3 is 0 Å². The van der Waals surface area contributed by atoms with Crippen LogP contribution in [-0.2, 0) is 6.54 Å². The van der Waals surface area contributed by atoms with E-state index in [0.29, 0.717) is 5.92 Å². The Morgan fingerprint density at radius 3 is 2.47 bits per heavy atom. The van der Waals surface area contributed by atoms with E-state index >= 15 is 0 Å². The quantitative estimate of drug-likeness (QED) is 0.265. The van der Waals surface area contributed by atoms with Gasteiger partial charge in [0.05, 0.1) is 11.0 Å². The van der Waals surface area contributed by atoms with Crippen molar-refractivity contribution in [2.75, 3.05) is 20.1 Å². The normalized spacial score (nSPS) is 15.0. The average Bonchev–Trinajstić information content (AvgIpc) is 3.23. The molecule has 0 amide bonds. The molecule has 0 saturated carbocycles. The van der Waals surface area contributed by atoms with Gasteiger partial charge in [0.25, 0.3) is 0 Å². The number of amidine groups is 1. The van der Waals surface area contributed by atoms with E-state index in [1.54, 1.807) is 0 Å². The first-order valence-corrected chi connectivity index (χ1v) is 12.8. The molecule has 4 aromatic rings. The van der Waals surface area contributed by atoms with Gasteiger partial charge in [0.1, 0.15) is 23.5 Å². The Morgan fingerprint density at radius 2 is 1.75 bits per heavy atom. The average molecular weight is 482 g/mol. The largest absolute Gasteiger partial charge is 0.490 e. The van der Waals surface area contributed by atoms with Gasteiger partial charge in [0, 0.05) is 37.2 Å². The van der Waals surface area contributed by atoms with Gasteiger partial charge in [-0.15, -0.1) is 0 Å². The SMILES string of the molecule is CC(C)c1nc2cc(OC3CCN(C)CC3)ccc2n1Cc1cccc(-c2cccc(C(=N)N)c2)c1. The molecule has 0 unspecified atom stereocenters. The first-order valence-electron chi connectivity index (χ1n) is 12.8. The maximum absolute atomic E-state index is 7.76. The molecule has 1 fully saturated rings. The lowest BCUT2D eigenvalue weighted by Crippen LogP contribution is -2.35. The number of nitrogens with two attached hydrogens (primary N) is 1. The Balaban J connectivity index is 1.43. The Hall–Kier alpha value is -3.64. The molecular weight excluding hydrogens is 446 g/mol. The smallest absolute Gasteiger partial charge is 0.122 e. The maximum atomic E-state index is 7.76. The molecule has 6 nitrogen and oxygen atoms in total. The molecule has 36 heavy (non-hydrogen) atoms. The first-order chi connectivity index (χ1) is 17.4. The van der Waals surface area contributed by atoms with Crippen molar-refractivity contribution in [2.45, 2.75) is 45.3 Å². The summed E-state index contributed by atoms with van der Waals surface area (Å²) in [5.74, 6) is 2.36. The van der Waals surface area contributed by atoms with Crippen LogP contribution < -0.4 is 10.5 Å². The Morgan fingerprint density at radius 1 is 1.03 bits per heavy atom. The predicted molar refractivity (Wildman–Crippen MR) is 147 cm³/mol. The highest BCUT2D eigenvalue weighted by atomic mass is 16.5. The van der Waals surface area contributed by atoms with Crippen LogP contribution in [0.5, 0.6) is 5.75 Å². The number of hydrogen-bond donors (Lipinski definition) is 2. The lowest BCUT2D eigenvalue weighted by atomic mass is 10.0. The summed E-state index contributed by atoms with van der Waals surface area (Å²) in [4.78, 5) is 7.38. The standard InChI is InChI=1S/C30H35N5O/c1-20(2)30-33-27-18-26(36-25-12-14-34(3)15-13-25)10-11-28(27)35(30)19-21-6-4-7-22(16-21)23-8-5-9-24(17-23)29(31)32/h4-11,16-18,20,25H,12-15,19H2,1-3H3,(H3,31,32). The molecule has 1 aliphatic rings. The molecular formula is C30H35N5O. The Bertz CT molecular complexity index is 1380. The minimum absolute atomic E-state index is 0.0821. The molecule has 3 aromatic carbocycles. The second-order valence-electron chi connectivity index (χ2n) is 10.2. The van der Waals surface area contributed by atoms with Crippen molar-refractivity contribution < 1.29 is 4.74 Å². The molecule has 0 aliphatic carbocycles. The number of nitrogens with zero attached hydrogens (tertiary/aromatic N) is 3. The zero-order valence-electron chi connectivity index (χ0n) is 21.4. The van der Waals surface area contributed by atoms with Crippen molar-refractivity contribution in [1.82, 2.24) is 14.5 Å². The van der Waals surface area contributed by atoms with Gasteiger partial charge in [0.15, 0.2) is 0 Å². The van der Waals surface area contributed by atoms with Crippen molar-refractivity contribution in [3.8, 4) is 16.9 Å². The molecule has 1 saturated heterocycles. The minimum atomic E-state index is 0.0821. The zero-order chi connectivity index (χ0) is 25.2. The molecule has 5 rings (SSSR count). The van der Waals surface area contributed by atoms with E-state index in [1.165, 1.54) is 5.56 Å². The van der Waals surface area contributed by atoms with Crippen LogP contribution in [0.25, 0.3) is 22.2 Å². The van der Waals surface area contributed by atoms with E-state index in [9.17, 15) is 0 Å². The second kappa shape index (κ2) is 10.2. The van der Waals surface area contributed by atoms with Crippen molar-refractivity contribution >= 4 is 16.9 Å². The Labute approximate surface area is 213 Å². The first kappa shape index (κ1) is 24.1. The van der Waals surface area contributed by atoms with E-state index < -0.39 is 0 Å². The van der Waals surface area contributed by atoms with Gasteiger partial charge in [-0.25, -0.2) is 4.98 Å². The van der Waals surface area contributed by atoms with E-state index in [4.69, 9.17) is 20.9 Å². The van der Waals surface area contributed by atoms with Gasteiger partial charge in [0.2, 0.25) is 0 Å². The van der Waals surface area contributed by atoms with E-state index in [1.807, 2.05) is 18.2 Å². The predicted octanol–water partition coefficient (Wildman–Crippen LogP) is 5.63. The number of fused-ring (bicyclic) bond motifs is 1. The lowest BCUT2D eigenvalue weighted by Gasteiger charge is -2.29. The van der Waals surface area contributed by atoms with E-state index in [2.05, 4.69) is 78.9 Å². The summed E-state index contributed by atoms with van der Waals surface area (Å²) in [6, 6.07) is 22.8. The number of aromatic nitrogens is 2. The molecule has 0 atom stereocenters. The molecule has 0 bridgehead atoms. The summed E-state index contributed by atoms with van der Waals surface area (Å²) >= 11 is 0. The molecule has 3 N–H and O–H groups in total. The van der Waals surface area contributed by atoms with Crippen LogP contribution in [0.2, 0.25) is 0 Å². The molecule has 2 heterocycles. The van der Waals surface area contributed by atoms with Gasteiger partial charge in [-0.2, -0.15) is 0 Å². The monoisotopic (exact) mass is 481 g/mol. The second-order valence-corrected chi connectivity index (χ2v) is 10.2. The van der Waals surface area contributed by atoms with Crippen molar-refractivity contribution in [3.05, 3.63) is 83.7 Å². The van der Waals surface area contributed by atoms with Gasteiger partial charge < -0.3 is 19.9 Å². The van der Waals surface area contributed by atoms with Crippen LogP contribution in [0.1, 0.15) is 49.6 Å². The number of nitrogens with one attached hydrogen (secondary N) is 1. The number of nitrogen functional groups attached to an aromatic ring is 1. The molecule has 186 valence electrons. The fraction of sp³-hybridized carbons (Fsp3) is 0.333. The summed E-state index contributed by atoms with van der Waals surface area (Å²) < 4.78 is 8.65. The fourth-order valence-corrected chi connectivity index (χ4v) is 5.00. The summed E-state index contributed by atoms with van der Waals surface area (Å²) in [7, 11) is 2.17. The summed E-state index contributed by atoms with van der Waals surface area (Å²) in [5.41, 5.74) is 11.9. The Kier molecular flexibility index (Phi) is 6.79. The molecule has 0 radical (unpaired) electrons. The number of hydrogen-bond acceptors (Lipinski definition) is 4. The highest BCUT2D eigenvalue weighted by Gasteiger charge is 2.19. The highest BCUT2D eigenvalue weighted by molar-refractivity contribution is 5.96. The summed E-state index contributed by atoms with van der Waals surface area (Å²) in [5, 5.41) is 7.76. The third kappa shape index (κ3) is 5.14. The van der Waals surface area contributed by atoms with E-state index in [-0.39, 0.29) is 11.9 Å². The number of ether oxygens (including phenoxy) is 1. The maximum Gasteiger partial charge on any atom is 0.122 e. The molecule has 1 aromatic heterocycles. The lowest BCUT2D eigenvalue weighted by molar-refractivity contribution is 0.114. The minimum Gasteiger partial charge on any atom is -0.490 e. The van der Waals surface area contributed by atoms with Crippen LogP contribution in [0.15, 0.2) is 66.7 Å². The fourth-order valence-electron chi connectivity index (χ4n) is 5.00. The number of rotatable bonds is 7. The van der Waals surface area contributed by atoms with Crippen molar-refractivity contribution in [2.24, 2.45) is 5.73 Å². The van der Waals surface area contributed by atoms with Gasteiger partial charge in [-0.05, 0) is 60.8 Å². The van der Waals surface area contributed by atoms with Gasteiger partial charge in [-0.3, -0.25) is 5.41 Å². The number of imidazole rings is 1. The van der Waals surface area contributed by atoms with E-state index in [0.717, 1.165) is 71.8 Å². The zero-order valence-corrected chi connectivity index (χ0v) is 21.4. The third-order valence-corrected chi connectivity index (χ3v) is 7.01. The number of likely N-dealkylation sites (tertiary alicyclic amines) is 1. The van der Waals surface area contributed by atoms with Crippen molar-refractivity contribution in [1.29, 1.82) is 5.41 Å². The summed E-state index contributed by atoms with van der Waals surface area (Å²) in [6.07, 6.45) is 2.40. The number of piperidine rings is 1. The van der Waals surface area contributed by atoms with Crippen LogP contribution >= 0.6 is 0 Å². The number of benzene rings is 3. The topological polar surface area (TPSA) is 80.2 Å². The van der Waals surface area contributed by atoms with Crippen LogP contribution in [0, 0.1) is 5.41 Å². The highest BCUT2D eigenvalue weighted by Crippen LogP contribution is 2.29. The van der Waals surface area contributed by atoms with Crippen LogP contribution in [-0.4, -0.2) is 46.5 Å². The van der Waals surface area contributed by atoms with Crippen LogP contribution in [0.4, 0.5) is 0 Å². The van der Waals surface area contributed by atoms with Crippen LogP contribution in [0.3, 0.4) is 0 Å². The molecule has 0 spiro atoms. The third-order valence-electron chi connectivity index (χ3n) is 7.01. The molecule has 1 aliphatic heterocycles.